The number of amides is 3. The van der Waals surface area contributed by atoms with E-state index in [0.717, 1.165) is 12.8 Å². The zero-order valence-corrected chi connectivity index (χ0v) is 14.6. The van der Waals surface area contributed by atoms with E-state index in [4.69, 9.17) is 4.42 Å². The standard InChI is InChI=1S/C18H25N3O4/c1-2-3-8-19-16(23)18(6-7-18)17(24)21-11-9-20(10-12-21)15(22)14-5-4-13-25-14/h4-5,13H,2-3,6-12H2,1H3,(H,19,23). The average molecular weight is 347 g/mol. The van der Waals surface area contributed by atoms with Crippen molar-refractivity contribution in [2.24, 2.45) is 5.41 Å². The molecule has 1 aromatic heterocycles. The monoisotopic (exact) mass is 347 g/mol. The molecule has 3 rings (SSSR count). The van der Waals surface area contributed by atoms with Gasteiger partial charge in [0.15, 0.2) is 5.76 Å². The summed E-state index contributed by atoms with van der Waals surface area (Å²) in [5.74, 6) is -0.0732. The zero-order valence-electron chi connectivity index (χ0n) is 14.6. The zero-order chi connectivity index (χ0) is 17.9. The molecule has 2 heterocycles. The van der Waals surface area contributed by atoms with Crippen molar-refractivity contribution in [1.29, 1.82) is 0 Å². The van der Waals surface area contributed by atoms with Crippen LogP contribution < -0.4 is 5.32 Å². The molecule has 1 aromatic rings. The van der Waals surface area contributed by atoms with Crippen LogP contribution in [0.25, 0.3) is 0 Å². The van der Waals surface area contributed by atoms with Gasteiger partial charge in [0, 0.05) is 32.7 Å². The summed E-state index contributed by atoms with van der Waals surface area (Å²) >= 11 is 0. The maximum Gasteiger partial charge on any atom is 0.289 e. The van der Waals surface area contributed by atoms with Gasteiger partial charge >= 0.3 is 0 Å². The molecule has 0 radical (unpaired) electrons. The Bertz CT molecular complexity index is 629. The minimum Gasteiger partial charge on any atom is -0.459 e. The van der Waals surface area contributed by atoms with Crippen LogP contribution >= 0.6 is 0 Å². The SMILES string of the molecule is CCCCNC(=O)C1(C(=O)N2CCN(C(=O)c3ccco3)CC2)CC1. The Morgan fingerprint density at radius 3 is 2.40 bits per heavy atom. The van der Waals surface area contributed by atoms with E-state index in [1.165, 1.54) is 6.26 Å². The van der Waals surface area contributed by atoms with Gasteiger partial charge in [-0.05, 0) is 31.4 Å². The number of carbonyl (C=O) groups excluding carboxylic acids is 3. The highest BCUT2D eigenvalue weighted by atomic mass is 16.3. The smallest absolute Gasteiger partial charge is 0.289 e. The third-order valence-corrected chi connectivity index (χ3v) is 5.00. The molecule has 0 bridgehead atoms. The Balaban J connectivity index is 1.53. The van der Waals surface area contributed by atoms with Crippen LogP contribution in [0.1, 0.15) is 43.2 Å². The molecule has 0 unspecified atom stereocenters. The van der Waals surface area contributed by atoms with Crippen molar-refractivity contribution in [3.05, 3.63) is 24.2 Å². The van der Waals surface area contributed by atoms with Gasteiger partial charge in [-0.2, -0.15) is 0 Å². The van der Waals surface area contributed by atoms with Gasteiger partial charge < -0.3 is 19.5 Å². The van der Waals surface area contributed by atoms with Gasteiger partial charge in [-0.15, -0.1) is 0 Å². The highest BCUT2D eigenvalue weighted by molar-refractivity contribution is 6.08. The fraction of sp³-hybridized carbons (Fsp3) is 0.611. The fourth-order valence-corrected chi connectivity index (χ4v) is 3.18. The first-order chi connectivity index (χ1) is 12.1. The Morgan fingerprint density at radius 1 is 1.16 bits per heavy atom. The second-order valence-corrected chi connectivity index (χ2v) is 6.75. The predicted octanol–water partition coefficient (Wildman–Crippen LogP) is 1.26. The Kier molecular flexibility index (Phi) is 5.11. The minimum absolute atomic E-state index is 0.0911. The molecule has 136 valence electrons. The predicted molar refractivity (Wildman–Crippen MR) is 90.8 cm³/mol. The highest BCUT2D eigenvalue weighted by Gasteiger charge is 2.58. The maximum atomic E-state index is 12.8. The van der Waals surface area contributed by atoms with Crippen molar-refractivity contribution in [2.45, 2.75) is 32.6 Å². The van der Waals surface area contributed by atoms with Gasteiger partial charge in [0.1, 0.15) is 5.41 Å². The maximum absolute atomic E-state index is 12.8. The van der Waals surface area contributed by atoms with Crippen molar-refractivity contribution in [1.82, 2.24) is 15.1 Å². The normalized spacial score (nSPS) is 18.8. The molecule has 0 aromatic carbocycles. The molecular formula is C18H25N3O4. The molecule has 3 amide bonds. The molecule has 7 nitrogen and oxygen atoms in total. The number of piperazine rings is 1. The summed E-state index contributed by atoms with van der Waals surface area (Å²) in [6, 6.07) is 3.32. The first-order valence-electron chi connectivity index (χ1n) is 8.99. The lowest BCUT2D eigenvalue weighted by atomic mass is 10.0. The van der Waals surface area contributed by atoms with E-state index in [9.17, 15) is 14.4 Å². The van der Waals surface area contributed by atoms with E-state index < -0.39 is 5.41 Å². The third kappa shape index (κ3) is 3.55. The number of nitrogens with zero attached hydrogens (tertiary/aromatic N) is 2. The molecule has 25 heavy (non-hydrogen) atoms. The molecule has 1 aliphatic carbocycles. The number of rotatable bonds is 6. The molecular weight excluding hydrogens is 322 g/mol. The van der Waals surface area contributed by atoms with Crippen LogP contribution in [-0.4, -0.2) is 60.2 Å². The summed E-state index contributed by atoms with van der Waals surface area (Å²) in [6.07, 6.45) is 4.64. The lowest BCUT2D eigenvalue weighted by Crippen LogP contribution is -2.54. The van der Waals surface area contributed by atoms with Crippen LogP contribution in [0.15, 0.2) is 22.8 Å². The lowest BCUT2D eigenvalue weighted by Gasteiger charge is -2.36. The van der Waals surface area contributed by atoms with Crippen molar-refractivity contribution < 1.29 is 18.8 Å². The first-order valence-corrected chi connectivity index (χ1v) is 8.99. The Morgan fingerprint density at radius 2 is 1.84 bits per heavy atom. The molecule has 2 fully saturated rings. The van der Waals surface area contributed by atoms with Gasteiger partial charge in [-0.3, -0.25) is 14.4 Å². The molecule has 7 heteroatoms. The van der Waals surface area contributed by atoms with Gasteiger partial charge in [0.05, 0.1) is 6.26 Å². The van der Waals surface area contributed by atoms with E-state index in [0.29, 0.717) is 51.3 Å². The molecule has 0 atom stereocenters. The van der Waals surface area contributed by atoms with Crippen LogP contribution in [0.4, 0.5) is 0 Å². The lowest BCUT2D eigenvalue weighted by molar-refractivity contribution is -0.145. The largest absolute Gasteiger partial charge is 0.459 e. The number of hydrogen-bond donors (Lipinski definition) is 1. The van der Waals surface area contributed by atoms with E-state index in [2.05, 4.69) is 12.2 Å². The number of carbonyl (C=O) groups is 3. The summed E-state index contributed by atoms with van der Waals surface area (Å²) in [4.78, 5) is 40.9. The fourth-order valence-electron chi connectivity index (χ4n) is 3.18. The van der Waals surface area contributed by atoms with Gasteiger partial charge in [0.25, 0.3) is 5.91 Å². The molecule has 1 aliphatic heterocycles. The van der Waals surface area contributed by atoms with Crippen LogP contribution in [-0.2, 0) is 9.59 Å². The second-order valence-electron chi connectivity index (χ2n) is 6.75. The number of furan rings is 1. The van der Waals surface area contributed by atoms with Gasteiger partial charge in [-0.25, -0.2) is 0 Å². The summed E-state index contributed by atoms with van der Waals surface area (Å²) in [5, 5.41) is 2.89. The van der Waals surface area contributed by atoms with E-state index >= 15 is 0 Å². The second kappa shape index (κ2) is 7.29. The van der Waals surface area contributed by atoms with Gasteiger partial charge in [0.2, 0.25) is 11.8 Å². The Hall–Kier alpha value is -2.31. The van der Waals surface area contributed by atoms with Crippen molar-refractivity contribution >= 4 is 17.7 Å². The molecule has 1 N–H and O–H groups in total. The summed E-state index contributed by atoms with van der Waals surface area (Å²) in [5.41, 5.74) is -0.860. The summed E-state index contributed by atoms with van der Waals surface area (Å²) < 4.78 is 5.14. The van der Waals surface area contributed by atoms with E-state index in [1.807, 2.05) is 0 Å². The highest BCUT2D eigenvalue weighted by Crippen LogP contribution is 2.47. The third-order valence-electron chi connectivity index (χ3n) is 5.00. The molecule has 1 saturated carbocycles. The topological polar surface area (TPSA) is 82.9 Å². The van der Waals surface area contributed by atoms with Crippen LogP contribution in [0, 0.1) is 5.41 Å². The van der Waals surface area contributed by atoms with Crippen molar-refractivity contribution in [2.75, 3.05) is 32.7 Å². The van der Waals surface area contributed by atoms with E-state index in [-0.39, 0.29) is 17.7 Å². The van der Waals surface area contributed by atoms with Crippen LogP contribution in [0.2, 0.25) is 0 Å². The quantitative estimate of drug-likeness (QED) is 0.620. The summed E-state index contributed by atoms with van der Waals surface area (Å²) in [6.45, 7) is 4.51. The van der Waals surface area contributed by atoms with Gasteiger partial charge in [-0.1, -0.05) is 13.3 Å². The van der Waals surface area contributed by atoms with Crippen molar-refractivity contribution in [3.8, 4) is 0 Å². The van der Waals surface area contributed by atoms with Crippen molar-refractivity contribution in [3.63, 3.8) is 0 Å². The Labute approximate surface area is 147 Å². The summed E-state index contributed by atoms with van der Waals surface area (Å²) in [7, 11) is 0. The first kappa shape index (κ1) is 17.5. The molecule has 2 aliphatic rings. The number of nitrogens with one attached hydrogen (secondary N) is 1. The molecule has 0 spiro atoms. The average Bonchev–Trinajstić information content (AvgIpc) is 3.27. The minimum atomic E-state index is -0.860. The molecule has 1 saturated heterocycles. The van der Waals surface area contributed by atoms with E-state index in [1.54, 1.807) is 21.9 Å². The van der Waals surface area contributed by atoms with Crippen LogP contribution in [0.5, 0.6) is 0 Å². The number of unbranched alkanes of at least 4 members (excludes halogenated alkanes) is 1. The van der Waals surface area contributed by atoms with Crippen LogP contribution in [0.3, 0.4) is 0 Å². The number of hydrogen-bond acceptors (Lipinski definition) is 4.